The van der Waals surface area contributed by atoms with Gasteiger partial charge in [-0.25, -0.2) is 8.42 Å². The van der Waals surface area contributed by atoms with Gasteiger partial charge in [0, 0.05) is 12.6 Å². The standard InChI is InChI=1S/C15H18N2O4S/c1-10-8-12(9-16)5-6-14(10)22(20,21)17-7-3-4-13(11(17)2)15(18)19/h5-6,8,11,13H,3-4,7H2,1-2H3,(H,18,19)/t11-,13-/m1/s1. The smallest absolute Gasteiger partial charge is 0.308 e. The number of nitrogens with zero attached hydrogens (tertiary/aromatic N) is 2. The third kappa shape index (κ3) is 2.85. The fourth-order valence-electron chi connectivity index (χ4n) is 2.92. The number of rotatable bonds is 3. The molecular formula is C15H18N2O4S. The van der Waals surface area contributed by atoms with E-state index in [1.807, 2.05) is 6.07 Å². The minimum Gasteiger partial charge on any atom is -0.481 e. The van der Waals surface area contributed by atoms with Crippen molar-refractivity contribution in [2.24, 2.45) is 5.92 Å². The van der Waals surface area contributed by atoms with Gasteiger partial charge in [0.15, 0.2) is 0 Å². The molecule has 22 heavy (non-hydrogen) atoms. The zero-order valence-corrected chi connectivity index (χ0v) is 13.3. The summed E-state index contributed by atoms with van der Waals surface area (Å²) in [7, 11) is -3.77. The van der Waals surface area contributed by atoms with Crippen LogP contribution in [0.4, 0.5) is 0 Å². The predicted octanol–water partition coefficient (Wildman–Crippen LogP) is 1.74. The fraction of sp³-hybridized carbons (Fsp3) is 0.467. The first-order valence-corrected chi connectivity index (χ1v) is 8.48. The third-order valence-electron chi connectivity index (χ3n) is 4.14. The van der Waals surface area contributed by atoms with E-state index in [9.17, 15) is 18.3 Å². The van der Waals surface area contributed by atoms with E-state index in [0.29, 0.717) is 30.5 Å². The second-order valence-corrected chi connectivity index (χ2v) is 7.39. The van der Waals surface area contributed by atoms with Gasteiger partial charge in [-0.1, -0.05) is 0 Å². The van der Waals surface area contributed by atoms with Crippen molar-refractivity contribution in [3.05, 3.63) is 29.3 Å². The minimum absolute atomic E-state index is 0.129. The molecule has 2 atom stereocenters. The number of benzene rings is 1. The van der Waals surface area contributed by atoms with Gasteiger partial charge in [-0.2, -0.15) is 9.57 Å². The maximum absolute atomic E-state index is 12.8. The number of carbonyl (C=O) groups is 1. The van der Waals surface area contributed by atoms with Gasteiger partial charge in [0.1, 0.15) is 0 Å². The highest BCUT2D eigenvalue weighted by Crippen LogP contribution is 2.30. The summed E-state index contributed by atoms with van der Waals surface area (Å²) in [6, 6.07) is 5.78. The lowest BCUT2D eigenvalue weighted by atomic mass is 9.92. The topological polar surface area (TPSA) is 98.5 Å². The molecule has 0 saturated carbocycles. The lowest BCUT2D eigenvalue weighted by molar-refractivity contribution is -0.144. The number of carboxylic acids is 1. The van der Waals surface area contributed by atoms with Gasteiger partial charge < -0.3 is 5.11 Å². The Hall–Kier alpha value is -1.91. The maximum Gasteiger partial charge on any atom is 0.308 e. The zero-order valence-electron chi connectivity index (χ0n) is 12.5. The van der Waals surface area contributed by atoms with Crippen molar-refractivity contribution < 1.29 is 18.3 Å². The molecule has 0 radical (unpaired) electrons. The molecule has 0 aromatic heterocycles. The molecule has 1 aromatic carbocycles. The highest BCUT2D eigenvalue weighted by molar-refractivity contribution is 7.89. The number of aryl methyl sites for hydroxylation is 1. The van der Waals surface area contributed by atoms with Crippen molar-refractivity contribution >= 4 is 16.0 Å². The zero-order chi connectivity index (χ0) is 16.5. The number of nitriles is 1. The molecule has 1 N–H and O–H groups in total. The molecule has 0 aliphatic carbocycles. The summed E-state index contributed by atoms with van der Waals surface area (Å²) in [5.74, 6) is -1.66. The van der Waals surface area contributed by atoms with Gasteiger partial charge in [0.05, 0.1) is 22.4 Å². The molecule has 1 fully saturated rings. The van der Waals surface area contributed by atoms with Crippen molar-refractivity contribution in [2.75, 3.05) is 6.54 Å². The first-order valence-electron chi connectivity index (χ1n) is 7.04. The Balaban J connectivity index is 2.42. The van der Waals surface area contributed by atoms with Crippen LogP contribution in [0.2, 0.25) is 0 Å². The molecular weight excluding hydrogens is 304 g/mol. The Kier molecular flexibility index (Phi) is 4.54. The van der Waals surface area contributed by atoms with E-state index in [2.05, 4.69) is 0 Å². The first kappa shape index (κ1) is 16.5. The highest BCUT2D eigenvalue weighted by Gasteiger charge is 2.39. The second kappa shape index (κ2) is 6.07. The largest absolute Gasteiger partial charge is 0.481 e. The van der Waals surface area contributed by atoms with E-state index in [-0.39, 0.29) is 4.90 Å². The summed E-state index contributed by atoms with van der Waals surface area (Å²) in [6.07, 6.45) is 1.00. The van der Waals surface area contributed by atoms with Crippen LogP contribution in [0.1, 0.15) is 30.9 Å². The number of hydrogen-bond donors (Lipinski definition) is 1. The van der Waals surface area contributed by atoms with Crippen molar-refractivity contribution in [1.82, 2.24) is 4.31 Å². The van der Waals surface area contributed by atoms with Crippen molar-refractivity contribution in [1.29, 1.82) is 5.26 Å². The molecule has 0 amide bonds. The van der Waals surface area contributed by atoms with Gasteiger partial charge in [0.2, 0.25) is 10.0 Å². The van der Waals surface area contributed by atoms with Crippen molar-refractivity contribution in [3.8, 4) is 6.07 Å². The minimum atomic E-state index is -3.77. The number of piperidine rings is 1. The van der Waals surface area contributed by atoms with Gasteiger partial charge in [-0.05, 0) is 50.5 Å². The van der Waals surface area contributed by atoms with E-state index in [0.717, 1.165) is 0 Å². The molecule has 1 aliphatic heterocycles. The summed E-state index contributed by atoms with van der Waals surface area (Å²) < 4.78 is 26.9. The molecule has 1 aliphatic rings. The molecule has 1 saturated heterocycles. The molecule has 0 unspecified atom stereocenters. The van der Waals surface area contributed by atoms with E-state index in [4.69, 9.17) is 5.26 Å². The number of hydrogen-bond acceptors (Lipinski definition) is 4. The lowest BCUT2D eigenvalue weighted by Crippen LogP contribution is -2.49. The Morgan fingerprint density at radius 1 is 1.45 bits per heavy atom. The summed E-state index contributed by atoms with van der Waals surface area (Å²) in [5.41, 5.74) is 0.884. The van der Waals surface area contributed by atoms with Gasteiger partial charge in [-0.15, -0.1) is 0 Å². The quantitative estimate of drug-likeness (QED) is 0.914. The second-order valence-electron chi connectivity index (χ2n) is 5.54. The van der Waals surface area contributed by atoms with Crippen molar-refractivity contribution in [2.45, 2.75) is 37.6 Å². The Morgan fingerprint density at radius 3 is 2.68 bits per heavy atom. The maximum atomic E-state index is 12.8. The Morgan fingerprint density at radius 2 is 2.14 bits per heavy atom. The molecule has 0 bridgehead atoms. The average Bonchev–Trinajstić information content (AvgIpc) is 2.46. The molecule has 1 aromatic rings. The molecule has 0 spiro atoms. The predicted molar refractivity (Wildman–Crippen MR) is 79.6 cm³/mol. The van der Waals surface area contributed by atoms with Crippen molar-refractivity contribution in [3.63, 3.8) is 0 Å². The SMILES string of the molecule is Cc1cc(C#N)ccc1S(=O)(=O)N1CCC[C@@H](C(=O)O)[C@H]1C. The number of sulfonamides is 1. The van der Waals surface area contributed by atoms with Crippen LogP contribution in [0.3, 0.4) is 0 Å². The van der Waals surface area contributed by atoms with E-state index >= 15 is 0 Å². The summed E-state index contributed by atoms with van der Waals surface area (Å²) in [5, 5.41) is 18.1. The monoisotopic (exact) mass is 322 g/mol. The lowest BCUT2D eigenvalue weighted by Gasteiger charge is -2.36. The molecule has 7 heteroatoms. The normalized spacial score (nSPS) is 23.0. The molecule has 2 rings (SSSR count). The molecule has 118 valence electrons. The van der Waals surface area contributed by atoms with Crippen LogP contribution in [-0.4, -0.2) is 36.4 Å². The molecule has 6 nitrogen and oxygen atoms in total. The summed E-state index contributed by atoms with van der Waals surface area (Å²) in [4.78, 5) is 11.4. The van der Waals surface area contributed by atoms with Crippen LogP contribution in [0.15, 0.2) is 23.1 Å². The third-order valence-corrected chi connectivity index (χ3v) is 6.28. The summed E-state index contributed by atoms with van der Waals surface area (Å²) in [6.45, 7) is 3.58. The van der Waals surface area contributed by atoms with Crippen LogP contribution >= 0.6 is 0 Å². The van der Waals surface area contributed by atoms with E-state index in [1.165, 1.54) is 22.5 Å². The average molecular weight is 322 g/mol. The van der Waals surface area contributed by atoms with Gasteiger partial charge >= 0.3 is 5.97 Å². The number of carboxylic acid groups (broad SMARTS) is 1. The van der Waals surface area contributed by atoms with Gasteiger partial charge in [0.25, 0.3) is 0 Å². The first-order chi connectivity index (χ1) is 10.3. The van der Waals surface area contributed by atoms with Crippen LogP contribution < -0.4 is 0 Å². The Bertz CT molecular complexity index is 736. The van der Waals surface area contributed by atoms with Crippen LogP contribution in [0.5, 0.6) is 0 Å². The highest BCUT2D eigenvalue weighted by atomic mass is 32.2. The van der Waals surface area contributed by atoms with Crippen LogP contribution in [0, 0.1) is 24.2 Å². The van der Waals surface area contributed by atoms with E-state index in [1.54, 1.807) is 13.8 Å². The van der Waals surface area contributed by atoms with Gasteiger partial charge in [-0.3, -0.25) is 4.79 Å². The fourth-order valence-corrected chi connectivity index (χ4v) is 4.83. The number of aliphatic carboxylic acids is 1. The van der Waals surface area contributed by atoms with E-state index < -0.39 is 28.0 Å². The van der Waals surface area contributed by atoms with Crippen LogP contribution in [-0.2, 0) is 14.8 Å². The van der Waals surface area contributed by atoms with Crippen LogP contribution in [0.25, 0.3) is 0 Å². The summed E-state index contributed by atoms with van der Waals surface area (Å²) >= 11 is 0. The molecule has 1 heterocycles. The Labute approximate surface area is 130 Å².